The Morgan fingerprint density at radius 2 is 1.20 bits per heavy atom. The highest BCUT2D eigenvalue weighted by Gasteiger charge is 2.39. The molecule has 5 rings (SSSR count). The first-order valence-electron chi connectivity index (χ1n) is 12.9. The number of benzene rings is 5. The fourth-order valence-corrected chi connectivity index (χ4v) is 6.12. The van der Waals surface area contributed by atoms with E-state index in [0.29, 0.717) is 28.2 Å². The lowest BCUT2D eigenvalue weighted by molar-refractivity contribution is 0.00324. The fraction of sp³-hybridized carbons (Fsp3) is 0.0588. The predicted molar refractivity (Wildman–Crippen MR) is 161 cm³/mol. The van der Waals surface area contributed by atoms with Crippen LogP contribution in [0.1, 0.15) is 43.7 Å². The van der Waals surface area contributed by atoms with Crippen molar-refractivity contribution < 1.29 is 23.6 Å². The molecule has 1 atom stereocenters. The maximum Gasteiger partial charge on any atom is 0.459 e. The molecule has 7 heteroatoms. The topological polar surface area (TPSA) is 69.7 Å². The van der Waals surface area contributed by atoms with Gasteiger partial charge in [-0.3, -0.25) is 4.79 Å². The monoisotopic (exact) mass is 579 g/mol. The summed E-state index contributed by atoms with van der Waals surface area (Å²) < 4.78 is 26.1. The minimum atomic E-state index is -2.65. The van der Waals surface area contributed by atoms with Crippen LogP contribution in [0.5, 0.6) is 11.5 Å². The number of aryl methyl sites for hydroxylation is 1. The lowest BCUT2D eigenvalue weighted by atomic mass is 9.98. The van der Waals surface area contributed by atoms with Crippen LogP contribution in [-0.4, -0.2) is 11.3 Å². The first-order valence-corrected chi connectivity index (χ1v) is 14.5. The van der Waals surface area contributed by atoms with Crippen LogP contribution in [0.15, 0.2) is 127 Å². The molecule has 0 N–H and O–H groups in total. The van der Waals surface area contributed by atoms with Crippen molar-refractivity contribution in [2.75, 3.05) is 0 Å². The molecule has 0 heterocycles. The summed E-state index contributed by atoms with van der Waals surface area (Å²) in [6.45, 7) is 1.73. The van der Waals surface area contributed by atoms with Crippen LogP contribution < -0.4 is 14.8 Å². The van der Waals surface area contributed by atoms with Crippen LogP contribution in [0.25, 0.3) is 0 Å². The Kier molecular flexibility index (Phi) is 8.69. The Balaban J connectivity index is 1.54. The van der Waals surface area contributed by atoms with Gasteiger partial charge in [0.25, 0.3) is 6.29 Å². The van der Waals surface area contributed by atoms with Crippen LogP contribution in [0.3, 0.4) is 0 Å². The number of para-hydroxylation sites is 2. The Morgan fingerprint density at radius 1 is 0.659 bits per heavy atom. The van der Waals surface area contributed by atoms with Crippen molar-refractivity contribution in [3.8, 4) is 11.5 Å². The molecule has 0 saturated heterocycles. The molecule has 0 aliphatic carbocycles. The molecule has 0 saturated carbocycles. The molecule has 0 amide bonds. The normalized spacial score (nSPS) is 11.1. The average molecular weight is 580 g/mol. The summed E-state index contributed by atoms with van der Waals surface area (Å²) in [6, 6.07) is 36.7. The van der Waals surface area contributed by atoms with Crippen LogP contribution >= 0.6 is 19.4 Å². The Hall–Kier alpha value is -4.57. The van der Waals surface area contributed by atoms with Gasteiger partial charge in [-0.15, -0.1) is 0 Å². The van der Waals surface area contributed by atoms with Crippen molar-refractivity contribution in [3.63, 3.8) is 0 Å². The van der Waals surface area contributed by atoms with Gasteiger partial charge in [0.05, 0.1) is 16.1 Å². The van der Waals surface area contributed by atoms with Gasteiger partial charge in [0.1, 0.15) is 11.5 Å². The highest BCUT2D eigenvalue weighted by Crippen LogP contribution is 2.34. The third-order valence-electron chi connectivity index (χ3n) is 6.42. The fourth-order valence-electron chi connectivity index (χ4n) is 4.41. The Labute approximate surface area is 244 Å². The van der Waals surface area contributed by atoms with E-state index < -0.39 is 25.4 Å². The molecule has 0 aliphatic heterocycles. The zero-order valence-corrected chi connectivity index (χ0v) is 23.7. The number of carbonyl (C=O) groups excluding carboxylic acids is 2. The van der Waals surface area contributed by atoms with Crippen molar-refractivity contribution >= 4 is 36.0 Å². The lowest BCUT2D eigenvalue weighted by Crippen LogP contribution is -2.21. The van der Waals surface area contributed by atoms with Gasteiger partial charge in [-0.2, -0.15) is 0 Å². The second-order valence-corrected chi connectivity index (χ2v) is 11.0. The third kappa shape index (κ3) is 6.28. The van der Waals surface area contributed by atoms with Gasteiger partial charge in [-0.25, -0.2) is 4.79 Å². The molecule has 41 heavy (non-hydrogen) atoms. The van der Waals surface area contributed by atoms with Gasteiger partial charge in [0.2, 0.25) is 5.30 Å². The van der Waals surface area contributed by atoms with Gasteiger partial charge < -0.3 is 9.47 Å². The molecular weight excluding hydrogens is 555 g/mol. The largest absolute Gasteiger partial charge is 0.459 e. The Morgan fingerprint density at radius 3 is 1.80 bits per heavy atom. The zero-order valence-electron chi connectivity index (χ0n) is 22.1. The second kappa shape index (κ2) is 12.7. The zero-order chi connectivity index (χ0) is 28.8. The van der Waals surface area contributed by atoms with E-state index in [0.717, 1.165) is 0 Å². The van der Waals surface area contributed by atoms with E-state index in [1.165, 1.54) is 6.07 Å². The number of rotatable bonds is 10. The quantitative estimate of drug-likeness (QED) is 0.0945. The van der Waals surface area contributed by atoms with E-state index in [9.17, 15) is 14.2 Å². The predicted octanol–water partition coefficient (Wildman–Crippen LogP) is 8.33. The number of carbonyl (C=O) groups is 2. The summed E-state index contributed by atoms with van der Waals surface area (Å²) in [5.41, 5.74) is 1.08. The summed E-state index contributed by atoms with van der Waals surface area (Å²) in [5.74, 6) is 0.696. The van der Waals surface area contributed by atoms with Crippen molar-refractivity contribution in [1.29, 1.82) is 0 Å². The van der Waals surface area contributed by atoms with E-state index in [-0.39, 0.29) is 21.5 Å². The highest BCUT2D eigenvalue weighted by atomic mass is 35.5. The first-order chi connectivity index (χ1) is 19.9. The molecule has 5 nitrogen and oxygen atoms in total. The molecule has 0 radical (unpaired) electrons. The van der Waals surface area contributed by atoms with Gasteiger partial charge in [-0.1, -0.05) is 101 Å². The van der Waals surface area contributed by atoms with E-state index in [1.54, 1.807) is 91.9 Å². The summed E-state index contributed by atoms with van der Waals surface area (Å²) in [4.78, 5) is 27.5. The standard InChI is InChI=1S/C34H25ClO5P/c1-23-13-12-21-29(35)31(23)33(37)41(38)30-22-11-10-20-28(30)32(36)26-18-8-9-19-27(26)34(39-24-14-4-2-5-15-24)40-25-16-6-3-7-17-25/h2-22,34H,1H3/q+1. The van der Waals surface area contributed by atoms with Crippen molar-refractivity contribution in [2.45, 2.75) is 13.2 Å². The molecular formula is C34H25ClO5P+. The van der Waals surface area contributed by atoms with E-state index in [2.05, 4.69) is 0 Å². The number of halogens is 1. The molecule has 1 unspecified atom stereocenters. The minimum Gasteiger partial charge on any atom is -0.451 e. The van der Waals surface area contributed by atoms with Gasteiger partial charge in [0.15, 0.2) is 5.78 Å². The highest BCUT2D eigenvalue weighted by molar-refractivity contribution is 7.71. The van der Waals surface area contributed by atoms with Crippen molar-refractivity contribution in [3.05, 3.63) is 160 Å². The van der Waals surface area contributed by atoms with Crippen LogP contribution in [0.2, 0.25) is 5.02 Å². The molecule has 5 aromatic carbocycles. The second-order valence-electron chi connectivity index (χ2n) is 9.16. The van der Waals surface area contributed by atoms with Gasteiger partial charge >= 0.3 is 13.3 Å². The average Bonchev–Trinajstić information content (AvgIpc) is 3.01. The Bertz CT molecular complexity index is 1660. The van der Waals surface area contributed by atoms with Crippen LogP contribution in [0, 0.1) is 6.92 Å². The number of ether oxygens (including phenoxy) is 2. The summed E-state index contributed by atoms with van der Waals surface area (Å²) in [6.07, 6.45) is -0.978. The molecule has 0 aromatic heterocycles. The van der Waals surface area contributed by atoms with E-state index in [4.69, 9.17) is 21.1 Å². The number of hydrogen-bond acceptors (Lipinski definition) is 5. The third-order valence-corrected chi connectivity index (χ3v) is 8.15. The van der Waals surface area contributed by atoms with Crippen molar-refractivity contribution in [1.82, 2.24) is 0 Å². The summed E-state index contributed by atoms with van der Waals surface area (Å²) >= 11 is 6.30. The minimum absolute atomic E-state index is 0.135. The number of hydrogen-bond donors (Lipinski definition) is 0. The molecule has 5 aromatic rings. The van der Waals surface area contributed by atoms with Gasteiger partial charge in [-0.05, 0) is 55.0 Å². The van der Waals surface area contributed by atoms with E-state index >= 15 is 0 Å². The van der Waals surface area contributed by atoms with Crippen LogP contribution in [0.4, 0.5) is 0 Å². The lowest BCUT2D eigenvalue weighted by Gasteiger charge is -2.23. The molecule has 0 bridgehead atoms. The maximum atomic E-state index is 14.1. The molecule has 0 spiro atoms. The summed E-state index contributed by atoms with van der Waals surface area (Å²) in [7, 11) is -2.65. The molecule has 0 fully saturated rings. The number of ketones is 1. The smallest absolute Gasteiger partial charge is 0.451 e. The van der Waals surface area contributed by atoms with Gasteiger partial charge in [0, 0.05) is 11.1 Å². The molecule has 202 valence electrons. The maximum absolute atomic E-state index is 14.1. The first kappa shape index (κ1) is 28.0. The summed E-state index contributed by atoms with van der Waals surface area (Å²) in [5, 5.41) is 0.350. The van der Waals surface area contributed by atoms with E-state index in [1.807, 2.05) is 36.4 Å². The van der Waals surface area contributed by atoms with Crippen molar-refractivity contribution in [2.24, 2.45) is 0 Å². The SMILES string of the molecule is Cc1cccc(Cl)c1C(=O)[P+](=O)c1ccccc1C(=O)c1ccccc1C(Oc1ccccc1)Oc1ccccc1. The molecule has 0 aliphatic rings. The van der Waals surface area contributed by atoms with Crippen LogP contribution in [-0.2, 0) is 4.57 Å².